The van der Waals surface area contributed by atoms with Gasteiger partial charge in [0.15, 0.2) is 5.11 Å². The number of thiocarbonyl (C=S) groups is 1. The third-order valence-electron chi connectivity index (χ3n) is 1.66. The van der Waals surface area contributed by atoms with Crippen LogP contribution < -0.4 is 11.2 Å². The Bertz CT molecular complexity index is 356. The van der Waals surface area contributed by atoms with E-state index in [0.29, 0.717) is 0 Å². The summed E-state index contributed by atoms with van der Waals surface area (Å²) in [4.78, 5) is 10.8. The number of hydrogen-bond acceptors (Lipinski definition) is 2. The quantitative estimate of drug-likeness (QED) is 0.515. The molecular weight excluding hydrogens is 214 g/mol. The molecule has 0 heterocycles. The molecule has 0 atom stereocenters. The Hall–Kier alpha value is -1.82. The highest BCUT2D eigenvalue weighted by atomic mass is 32.1. The lowest BCUT2D eigenvalue weighted by Crippen LogP contribution is -2.47. The predicted octanol–water partition coefficient (Wildman–Crippen LogP) is 0.915. The smallest absolute Gasteiger partial charge is 0.426 e. The van der Waals surface area contributed by atoms with Crippen molar-refractivity contribution in [3.05, 3.63) is 35.9 Å². The second-order valence-electron chi connectivity index (χ2n) is 2.83. The van der Waals surface area contributed by atoms with Crippen LogP contribution in [-0.4, -0.2) is 21.3 Å². The molecule has 0 bridgehead atoms. The number of carboxylic acid groups (broad SMARTS) is 1. The Balaban J connectivity index is 2.67. The Labute approximate surface area is 92.5 Å². The zero-order chi connectivity index (χ0) is 11.3. The van der Waals surface area contributed by atoms with Crippen LogP contribution in [0.15, 0.2) is 30.3 Å². The molecule has 0 aromatic heterocycles. The minimum absolute atomic E-state index is 0.0756. The van der Waals surface area contributed by atoms with Gasteiger partial charge in [-0.15, -0.1) is 0 Å². The third-order valence-corrected chi connectivity index (χ3v) is 1.75. The molecule has 1 aromatic rings. The first-order chi connectivity index (χ1) is 7.09. The maximum atomic E-state index is 10.8. The van der Waals surface area contributed by atoms with E-state index >= 15 is 0 Å². The van der Waals surface area contributed by atoms with Crippen molar-refractivity contribution < 1.29 is 9.90 Å². The van der Waals surface area contributed by atoms with Crippen molar-refractivity contribution in [2.24, 2.45) is 5.73 Å². The molecule has 0 aliphatic carbocycles. The van der Waals surface area contributed by atoms with Gasteiger partial charge in [0, 0.05) is 0 Å². The third kappa shape index (κ3) is 3.82. The molecular formula is C9H11N3O2S. The van der Waals surface area contributed by atoms with Crippen LogP contribution in [0.3, 0.4) is 0 Å². The van der Waals surface area contributed by atoms with Gasteiger partial charge >= 0.3 is 6.09 Å². The van der Waals surface area contributed by atoms with E-state index in [2.05, 4.69) is 17.6 Å². The second-order valence-corrected chi connectivity index (χ2v) is 3.27. The molecule has 1 rings (SSSR count). The number of benzene rings is 1. The number of hydrogen-bond donors (Lipinski definition) is 3. The Morgan fingerprint density at radius 3 is 2.53 bits per heavy atom. The fourth-order valence-corrected chi connectivity index (χ4v) is 1.16. The summed E-state index contributed by atoms with van der Waals surface area (Å²) in [6.45, 7) is 0.188. The average Bonchev–Trinajstić information content (AvgIpc) is 2.17. The molecule has 0 saturated carbocycles. The first-order valence-corrected chi connectivity index (χ1v) is 4.61. The van der Waals surface area contributed by atoms with E-state index in [1.165, 1.54) is 0 Å². The minimum Gasteiger partial charge on any atom is -0.464 e. The van der Waals surface area contributed by atoms with Crippen molar-refractivity contribution in [1.82, 2.24) is 10.4 Å². The lowest BCUT2D eigenvalue weighted by molar-refractivity contribution is 0.131. The number of nitrogens with zero attached hydrogens (tertiary/aromatic N) is 1. The molecule has 1 aromatic carbocycles. The van der Waals surface area contributed by atoms with Crippen molar-refractivity contribution in [2.75, 3.05) is 0 Å². The van der Waals surface area contributed by atoms with Crippen LogP contribution in [0.5, 0.6) is 0 Å². The number of rotatable bonds is 2. The summed E-state index contributed by atoms with van der Waals surface area (Å²) >= 11 is 4.57. The van der Waals surface area contributed by atoms with E-state index in [0.717, 1.165) is 10.6 Å². The largest absolute Gasteiger partial charge is 0.464 e. The highest BCUT2D eigenvalue weighted by Gasteiger charge is 2.11. The lowest BCUT2D eigenvalue weighted by Gasteiger charge is -2.19. The Kier molecular flexibility index (Phi) is 3.87. The summed E-state index contributed by atoms with van der Waals surface area (Å²) in [5.41, 5.74) is 8.42. The van der Waals surface area contributed by atoms with Gasteiger partial charge < -0.3 is 10.8 Å². The Morgan fingerprint density at radius 1 is 1.47 bits per heavy atom. The van der Waals surface area contributed by atoms with Crippen LogP contribution in [0.25, 0.3) is 0 Å². The van der Waals surface area contributed by atoms with Crippen molar-refractivity contribution in [3.8, 4) is 0 Å². The van der Waals surface area contributed by atoms with Crippen molar-refractivity contribution in [2.45, 2.75) is 6.54 Å². The number of nitrogens with two attached hydrogens (primary N) is 1. The first-order valence-electron chi connectivity index (χ1n) is 4.20. The van der Waals surface area contributed by atoms with Gasteiger partial charge in [-0.2, -0.15) is 0 Å². The maximum absolute atomic E-state index is 10.8. The first kappa shape index (κ1) is 11.3. The lowest BCUT2D eigenvalue weighted by atomic mass is 10.2. The molecule has 0 radical (unpaired) electrons. The standard InChI is InChI=1S/C9H11N3O2S/c10-8(15)11-12(9(13)14)6-7-4-2-1-3-5-7/h1-5H,6H2,(H,13,14)(H3,10,11,15). The number of nitrogens with one attached hydrogen (secondary N) is 1. The number of amides is 1. The van der Waals surface area contributed by atoms with Gasteiger partial charge in [0.1, 0.15) is 0 Å². The van der Waals surface area contributed by atoms with Crippen molar-refractivity contribution in [1.29, 1.82) is 0 Å². The maximum Gasteiger partial charge on any atom is 0.426 e. The summed E-state index contributed by atoms with van der Waals surface area (Å²) in [5, 5.41) is 9.68. The minimum atomic E-state index is -1.13. The zero-order valence-corrected chi connectivity index (χ0v) is 8.70. The molecule has 6 heteroatoms. The van der Waals surface area contributed by atoms with E-state index in [-0.39, 0.29) is 11.7 Å². The molecule has 4 N–H and O–H groups in total. The van der Waals surface area contributed by atoms with Gasteiger partial charge in [-0.1, -0.05) is 30.3 Å². The molecule has 0 saturated heterocycles. The van der Waals surface area contributed by atoms with Gasteiger partial charge in [-0.05, 0) is 17.8 Å². The fraction of sp³-hybridized carbons (Fsp3) is 0.111. The predicted molar refractivity (Wildman–Crippen MR) is 59.9 cm³/mol. The van der Waals surface area contributed by atoms with E-state index in [9.17, 15) is 4.79 Å². The van der Waals surface area contributed by atoms with Crippen LogP contribution in [0.4, 0.5) is 4.79 Å². The summed E-state index contributed by atoms with van der Waals surface area (Å²) in [7, 11) is 0. The molecule has 15 heavy (non-hydrogen) atoms. The molecule has 0 spiro atoms. The van der Waals surface area contributed by atoms with Crippen molar-refractivity contribution in [3.63, 3.8) is 0 Å². The molecule has 80 valence electrons. The average molecular weight is 225 g/mol. The summed E-state index contributed by atoms with van der Waals surface area (Å²) < 4.78 is 0. The van der Waals surface area contributed by atoms with Gasteiger partial charge in [-0.25, -0.2) is 9.80 Å². The van der Waals surface area contributed by atoms with Crippen LogP contribution in [0, 0.1) is 0 Å². The molecule has 0 fully saturated rings. The summed E-state index contributed by atoms with van der Waals surface area (Å²) in [5.74, 6) is 0. The highest BCUT2D eigenvalue weighted by Crippen LogP contribution is 2.02. The SMILES string of the molecule is NC(=S)NN(Cc1ccccc1)C(=O)O. The Morgan fingerprint density at radius 2 is 2.07 bits per heavy atom. The molecule has 1 amide bonds. The van der Waals surface area contributed by atoms with Gasteiger partial charge in [0.05, 0.1) is 6.54 Å². The zero-order valence-electron chi connectivity index (χ0n) is 7.88. The monoisotopic (exact) mass is 225 g/mol. The van der Waals surface area contributed by atoms with Gasteiger partial charge in [-0.3, -0.25) is 5.43 Å². The summed E-state index contributed by atoms with van der Waals surface area (Å²) in [6, 6.07) is 9.15. The number of hydrazine groups is 1. The fourth-order valence-electron chi connectivity index (χ4n) is 1.05. The number of carbonyl (C=O) groups is 1. The summed E-state index contributed by atoms with van der Waals surface area (Å²) in [6.07, 6.45) is -1.13. The van der Waals surface area contributed by atoms with E-state index in [4.69, 9.17) is 10.8 Å². The van der Waals surface area contributed by atoms with Crippen LogP contribution in [0.2, 0.25) is 0 Å². The molecule has 5 nitrogen and oxygen atoms in total. The van der Waals surface area contributed by atoms with Crippen LogP contribution >= 0.6 is 12.2 Å². The second kappa shape index (κ2) is 5.16. The van der Waals surface area contributed by atoms with E-state index in [1.54, 1.807) is 0 Å². The van der Waals surface area contributed by atoms with Gasteiger partial charge in [0.25, 0.3) is 0 Å². The van der Waals surface area contributed by atoms with Gasteiger partial charge in [0.2, 0.25) is 0 Å². The topological polar surface area (TPSA) is 78.6 Å². The molecule has 0 aliphatic heterocycles. The normalized spacial score (nSPS) is 9.33. The van der Waals surface area contributed by atoms with Crippen LogP contribution in [0.1, 0.15) is 5.56 Å². The molecule has 0 unspecified atom stereocenters. The highest BCUT2D eigenvalue weighted by molar-refractivity contribution is 7.80. The molecule has 0 aliphatic rings. The van der Waals surface area contributed by atoms with Crippen LogP contribution in [-0.2, 0) is 6.54 Å². The van der Waals surface area contributed by atoms with Crippen molar-refractivity contribution >= 4 is 23.4 Å². The van der Waals surface area contributed by atoms with E-state index < -0.39 is 6.09 Å². The van der Waals surface area contributed by atoms with E-state index in [1.807, 2.05) is 30.3 Å².